The zero-order valence-corrected chi connectivity index (χ0v) is 11.5. The van der Waals surface area contributed by atoms with Crippen LogP contribution in [0, 0.1) is 0 Å². The van der Waals surface area contributed by atoms with E-state index in [0.29, 0.717) is 11.1 Å². The highest BCUT2D eigenvalue weighted by atomic mass is 79.9. The predicted molar refractivity (Wildman–Crippen MR) is 77.8 cm³/mol. The van der Waals surface area contributed by atoms with Gasteiger partial charge >= 0.3 is 5.97 Å². The third-order valence-corrected chi connectivity index (χ3v) is 3.15. The van der Waals surface area contributed by atoms with Crippen LogP contribution in [0.1, 0.15) is 11.1 Å². The number of benzene rings is 2. The maximum Gasteiger partial charge on any atom is 0.336 e. The number of rotatable bonds is 3. The first-order valence-electron chi connectivity index (χ1n) is 5.57. The summed E-state index contributed by atoms with van der Waals surface area (Å²) in [4.78, 5) is 11.3. The van der Waals surface area contributed by atoms with Crippen LogP contribution in [0.4, 0.5) is 0 Å². The second-order valence-corrected chi connectivity index (χ2v) is 4.84. The summed E-state index contributed by atoms with van der Waals surface area (Å²) in [6, 6.07) is 13.6. The Kier molecular flexibility index (Phi) is 4.02. The van der Waals surface area contributed by atoms with Gasteiger partial charge in [-0.15, -0.1) is 0 Å². The van der Waals surface area contributed by atoms with Crippen LogP contribution in [0.3, 0.4) is 0 Å². The highest BCUT2D eigenvalue weighted by Gasteiger charge is 2.11. The first kappa shape index (κ1) is 13.4. The number of halogens is 1. The highest BCUT2D eigenvalue weighted by Crippen LogP contribution is 2.24. The molecule has 2 aromatic rings. The zero-order valence-electron chi connectivity index (χ0n) is 9.88. The summed E-state index contributed by atoms with van der Waals surface area (Å²) in [6.45, 7) is 0. The molecule has 0 heterocycles. The van der Waals surface area contributed by atoms with Crippen LogP contribution >= 0.6 is 15.9 Å². The van der Waals surface area contributed by atoms with E-state index in [4.69, 9.17) is 0 Å². The Bertz CT molecular complexity index is 630. The van der Waals surface area contributed by atoms with Gasteiger partial charge in [0, 0.05) is 10.0 Å². The number of carboxylic acid groups (broad SMARTS) is 1. The molecule has 96 valence electrons. The van der Waals surface area contributed by atoms with Crippen molar-refractivity contribution < 1.29 is 15.0 Å². The lowest BCUT2D eigenvalue weighted by Gasteiger charge is -2.04. The molecule has 2 aromatic carbocycles. The van der Waals surface area contributed by atoms with E-state index in [2.05, 4.69) is 15.9 Å². The van der Waals surface area contributed by atoms with Crippen LogP contribution in [0.25, 0.3) is 11.6 Å². The minimum Gasteiger partial charge on any atom is -0.507 e. The fourth-order valence-corrected chi connectivity index (χ4v) is 1.93. The van der Waals surface area contributed by atoms with Crippen molar-refractivity contribution in [3.8, 4) is 5.75 Å². The summed E-state index contributed by atoms with van der Waals surface area (Å²) in [5.74, 6) is -0.982. The van der Waals surface area contributed by atoms with E-state index in [1.165, 1.54) is 12.1 Å². The molecule has 3 nitrogen and oxygen atoms in total. The summed E-state index contributed by atoms with van der Waals surface area (Å²) < 4.78 is 0.878. The SMILES string of the molecule is O=C(O)/C(=C\c1ccccc1O)c1ccc(Br)cc1. The standard InChI is InChI=1S/C15H11BrO3/c16-12-7-5-10(6-8-12)13(15(18)19)9-11-3-1-2-4-14(11)17/h1-9,17H,(H,18,19)/b13-9-. The molecule has 0 aliphatic carbocycles. The number of phenols is 1. The molecule has 0 aliphatic rings. The summed E-state index contributed by atoms with van der Waals surface area (Å²) in [7, 11) is 0. The minimum atomic E-state index is -1.04. The fourth-order valence-electron chi connectivity index (χ4n) is 1.66. The third kappa shape index (κ3) is 3.23. The normalized spacial score (nSPS) is 11.3. The van der Waals surface area contributed by atoms with E-state index in [0.717, 1.165) is 4.47 Å². The van der Waals surface area contributed by atoms with Gasteiger partial charge in [-0.05, 0) is 29.8 Å². The number of hydrogen-bond acceptors (Lipinski definition) is 2. The van der Waals surface area contributed by atoms with Crippen molar-refractivity contribution in [3.63, 3.8) is 0 Å². The lowest BCUT2D eigenvalue weighted by Crippen LogP contribution is -1.99. The molecule has 2 rings (SSSR count). The third-order valence-electron chi connectivity index (χ3n) is 2.62. The monoisotopic (exact) mass is 318 g/mol. The Morgan fingerprint density at radius 2 is 1.68 bits per heavy atom. The van der Waals surface area contributed by atoms with Crippen LogP contribution in [0.2, 0.25) is 0 Å². The Labute approximate surface area is 119 Å². The smallest absolute Gasteiger partial charge is 0.336 e. The Balaban J connectivity index is 2.50. The van der Waals surface area contributed by atoms with E-state index in [1.54, 1.807) is 42.5 Å². The number of hydrogen-bond donors (Lipinski definition) is 2. The first-order valence-corrected chi connectivity index (χ1v) is 6.36. The quantitative estimate of drug-likeness (QED) is 0.669. The second-order valence-electron chi connectivity index (χ2n) is 3.93. The Morgan fingerprint density at radius 3 is 2.26 bits per heavy atom. The van der Waals surface area contributed by atoms with Crippen LogP contribution in [0.5, 0.6) is 5.75 Å². The zero-order chi connectivity index (χ0) is 13.8. The van der Waals surface area contributed by atoms with E-state index < -0.39 is 5.97 Å². The summed E-state index contributed by atoms with van der Waals surface area (Å²) >= 11 is 3.30. The average molecular weight is 319 g/mol. The van der Waals surface area contributed by atoms with Gasteiger partial charge in [0.1, 0.15) is 5.75 Å². The molecule has 0 saturated heterocycles. The van der Waals surface area contributed by atoms with Gasteiger partial charge in [-0.3, -0.25) is 0 Å². The van der Waals surface area contributed by atoms with E-state index in [1.807, 2.05) is 0 Å². The lowest BCUT2D eigenvalue weighted by atomic mass is 10.0. The molecule has 0 unspecified atom stereocenters. The Hall–Kier alpha value is -2.07. The molecule has 0 saturated carbocycles. The molecule has 2 N–H and O–H groups in total. The Morgan fingerprint density at radius 1 is 1.05 bits per heavy atom. The molecule has 0 atom stereocenters. The van der Waals surface area contributed by atoms with Crippen molar-refractivity contribution >= 4 is 33.5 Å². The van der Waals surface area contributed by atoms with Gasteiger partial charge in [-0.25, -0.2) is 4.79 Å². The summed E-state index contributed by atoms with van der Waals surface area (Å²) in [5.41, 5.74) is 1.19. The number of phenolic OH excluding ortho intramolecular Hbond substituents is 1. The van der Waals surface area contributed by atoms with Gasteiger partial charge in [0.25, 0.3) is 0 Å². The summed E-state index contributed by atoms with van der Waals surface area (Å²) in [6.07, 6.45) is 1.46. The number of para-hydroxylation sites is 1. The van der Waals surface area contributed by atoms with Gasteiger partial charge in [-0.1, -0.05) is 46.3 Å². The maximum atomic E-state index is 11.3. The lowest BCUT2D eigenvalue weighted by molar-refractivity contribution is -0.130. The molecule has 19 heavy (non-hydrogen) atoms. The van der Waals surface area contributed by atoms with Crippen molar-refractivity contribution in [2.45, 2.75) is 0 Å². The van der Waals surface area contributed by atoms with Gasteiger partial charge in [0.2, 0.25) is 0 Å². The fraction of sp³-hybridized carbons (Fsp3) is 0. The molecule has 4 heteroatoms. The molecular formula is C15H11BrO3. The summed E-state index contributed by atoms with van der Waals surface area (Å²) in [5, 5.41) is 19.0. The van der Waals surface area contributed by atoms with Gasteiger partial charge in [0.05, 0.1) is 5.57 Å². The van der Waals surface area contributed by atoms with Crippen molar-refractivity contribution in [2.24, 2.45) is 0 Å². The predicted octanol–water partition coefficient (Wildman–Crippen LogP) is 3.78. The first-order chi connectivity index (χ1) is 9.08. The van der Waals surface area contributed by atoms with Crippen LogP contribution in [-0.2, 0) is 4.79 Å². The molecule has 0 aliphatic heterocycles. The molecule has 0 bridgehead atoms. The van der Waals surface area contributed by atoms with Crippen molar-refractivity contribution in [2.75, 3.05) is 0 Å². The molecular weight excluding hydrogens is 308 g/mol. The largest absolute Gasteiger partial charge is 0.507 e. The minimum absolute atomic E-state index is 0.0540. The molecule has 0 fully saturated rings. The number of aromatic hydroxyl groups is 1. The number of aliphatic carboxylic acids is 1. The van der Waals surface area contributed by atoms with Crippen LogP contribution in [0.15, 0.2) is 53.0 Å². The van der Waals surface area contributed by atoms with Gasteiger partial charge < -0.3 is 10.2 Å². The molecule has 0 spiro atoms. The maximum absolute atomic E-state index is 11.3. The average Bonchev–Trinajstić information content (AvgIpc) is 2.39. The highest BCUT2D eigenvalue weighted by molar-refractivity contribution is 9.10. The number of carboxylic acids is 1. The van der Waals surface area contributed by atoms with Gasteiger partial charge in [-0.2, -0.15) is 0 Å². The van der Waals surface area contributed by atoms with Gasteiger partial charge in [0.15, 0.2) is 0 Å². The van der Waals surface area contributed by atoms with Crippen LogP contribution in [-0.4, -0.2) is 16.2 Å². The van der Waals surface area contributed by atoms with Crippen LogP contribution < -0.4 is 0 Å². The van der Waals surface area contributed by atoms with E-state index in [-0.39, 0.29) is 11.3 Å². The second kappa shape index (κ2) is 5.71. The van der Waals surface area contributed by atoms with E-state index >= 15 is 0 Å². The van der Waals surface area contributed by atoms with Crippen molar-refractivity contribution in [1.82, 2.24) is 0 Å². The molecule has 0 amide bonds. The van der Waals surface area contributed by atoms with Crippen molar-refractivity contribution in [1.29, 1.82) is 0 Å². The topological polar surface area (TPSA) is 57.5 Å². The van der Waals surface area contributed by atoms with E-state index in [9.17, 15) is 15.0 Å². The molecule has 0 radical (unpaired) electrons. The molecule has 0 aromatic heterocycles. The van der Waals surface area contributed by atoms with Crippen molar-refractivity contribution in [3.05, 3.63) is 64.1 Å². The number of carbonyl (C=O) groups is 1.